The Kier molecular flexibility index (Phi) is 4.69. The number of hydrogen-bond acceptors (Lipinski definition) is 3. The van der Waals surface area contributed by atoms with Gasteiger partial charge in [-0.05, 0) is 32.1 Å². The summed E-state index contributed by atoms with van der Waals surface area (Å²) in [5.41, 5.74) is -0.217. The molecule has 1 atom stereocenters. The van der Waals surface area contributed by atoms with Crippen LogP contribution in [0, 0.1) is 5.92 Å². The lowest BCUT2D eigenvalue weighted by atomic mass is 9.71. The number of carbonyl (C=O) groups is 1. The monoisotopic (exact) mass is 298 g/mol. The first kappa shape index (κ1) is 15.7. The molecule has 2 rings (SSSR count). The molecule has 7 heteroatoms. The summed E-state index contributed by atoms with van der Waals surface area (Å²) in [6.45, 7) is -1.49. The van der Waals surface area contributed by atoms with E-state index in [1.54, 1.807) is 0 Å². The van der Waals surface area contributed by atoms with Gasteiger partial charge in [-0.25, -0.2) is 8.78 Å². The highest BCUT2D eigenvalue weighted by Crippen LogP contribution is 2.44. The van der Waals surface area contributed by atoms with Crippen LogP contribution in [-0.2, 0) is 14.3 Å². The van der Waals surface area contributed by atoms with Gasteiger partial charge in [0.05, 0.1) is 5.60 Å². The predicted octanol–water partition coefficient (Wildman–Crippen LogP) is 2.82. The molecule has 0 aromatic carbocycles. The van der Waals surface area contributed by atoms with Crippen LogP contribution >= 0.6 is 0 Å². The van der Waals surface area contributed by atoms with Gasteiger partial charge in [-0.1, -0.05) is 0 Å². The number of ether oxygens (including phenoxy) is 2. The van der Waals surface area contributed by atoms with Crippen LogP contribution in [0.3, 0.4) is 0 Å². The first-order valence-electron chi connectivity index (χ1n) is 6.75. The average Bonchev–Trinajstić information content (AvgIpc) is 2.36. The van der Waals surface area contributed by atoms with E-state index in [1.807, 2.05) is 0 Å². The first-order valence-corrected chi connectivity index (χ1v) is 6.75. The van der Waals surface area contributed by atoms with E-state index in [1.165, 1.54) is 0 Å². The number of Topliss-reactive ketones (excluding diaryl/α,β-unsaturated/α-hetero) is 1. The number of rotatable bonds is 6. The molecule has 1 saturated heterocycles. The molecule has 0 bridgehead atoms. The number of alkyl halides is 4. The molecule has 1 aliphatic heterocycles. The van der Waals surface area contributed by atoms with Crippen molar-refractivity contribution in [2.75, 3.05) is 19.8 Å². The molecule has 2 fully saturated rings. The van der Waals surface area contributed by atoms with Crippen LogP contribution in [0.1, 0.15) is 32.1 Å². The molecule has 2 aliphatic rings. The van der Waals surface area contributed by atoms with Gasteiger partial charge < -0.3 is 9.47 Å². The first-order chi connectivity index (χ1) is 9.35. The normalized spacial score (nSPS) is 25.8. The Labute approximate surface area is 114 Å². The fourth-order valence-electron chi connectivity index (χ4n) is 2.69. The lowest BCUT2D eigenvalue weighted by Crippen LogP contribution is -2.47. The summed E-state index contributed by atoms with van der Waals surface area (Å²) >= 11 is 0. The molecule has 3 nitrogen and oxygen atoms in total. The number of carbonyl (C=O) groups excluding carboxylic acids is 1. The van der Waals surface area contributed by atoms with Gasteiger partial charge in [-0.3, -0.25) is 4.79 Å². The summed E-state index contributed by atoms with van der Waals surface area (Å²) < 4.78 is 59.2. The maximum Gasteiger partial charge on any atom is 0.330 e. The van der Waals surface area contributed by atoms with Gasteiger partial charge in [0.1, 0.15) is 13.2 Å². The molecule has 0 aromatic rings. The highest BCUT2D eigenvalue weighted by molar-refractivity contribution is 5.82. The van der Waals surface area contributed by atoms with E-state index in [2.05, 4.69) is 4.74 Å². The van der Waals surface area contributed by atoms with Crippen molar-refractivity contribution in [2.45, 2.75) is 50.1 Å². The van der Waals surface area contributed by atoms with Crippen molar-refractivity contribution in [3.05, 3.63) is 0 Å². The van der Waals surface area contributed by atoms with Crippen LogP contribution < -0.4 is 0 Å². The van der Waals surface area contributed by atoms with Crippen LogP contribution in [0.4, 0.5) is 17.6 Å². The number of ketones is 1. The zero-order valence-electron chi connectivity index (χ0n) is 11.0. The predicted molar refractivity (Wildman–Crippen MR) is 62.0 cm³/mol. The lowest BCUT2D eigenvalue weighted by Gasteiger charge is -2.46. The second-order valence-electron chi connectivity index (χ2n) is 5.60. The molecule has 1 heterocycles. The second kappa shape index (κ2) is 5.97. The Morgan fingerprint density at radius 2 is 2.10 bits per heavy atom. The van der Waals surface area contributed by atoms with Gasteiger partial charge in [0.15, 0.2) is 5.78 Å². The van der Waals surface area contributed by atoms with Gasteiger partial charge >= 0.3 is 12.3 Å². The molecule has 1 saturated carbocycles. The van der Waals surface area contributed by atoms with Crippen molar-refractivity contribution >= 4 is 5.78 Å². The largest absolute Gasteiger partial charge is 0.375 e. The minimum Gasteiger partial charge on any atom is -0.375 e. The van der Waals surface area contributed by atoms with Crippen molar-refractivity contribution in [2.24, 2.45) is 5.92 Å². The molecule has 0 radical (unpaired) electrons. The van der Waals surface area contributed by atoms with Crippen LogP contribution in [0.15, 0.2) is 0 Å². The molecule has 116 valence electrons. The Balaban J connectivity index is 1.75. The zero-order valence-corrected chi connectivity index (χ0v) is 11.0. The Bertz CT molecular complexity index is 356. The third-order valence-electron chi connectivity index (χ3n) is 4.07. The summed E-state index contributed by atoms with van der Waals surface area (Å²) in [5, 5.41) is 0. The highest BCUT2D eigenvalue weighted by atomic mass is 19.3. The minimum absolute atomic E-state index is 0.217. The van der Waals surface area contributed by atoms with Gasteiger partial charge in [0, 0.05) is 12.5 Å². The van der Waals surface area contributed by atoms with Gasteiger partial charge in [0.2, 0.25) is 0 Å². The zero-order chi connectivity index (χ0) is 14.8. The Morgan fingerprint density at radius 1 is 1.40 bits per heavy atom. The molecule has 1 aliphatic carbocycles. The fraction of sp³-hybridized carbons (Fsp3) is 0.923. The van der Waals surface area contributed by atoms with Crippen molar-refractivity contribution < 1.29 is 31.8 Å². The topological polar surface area (TPSA) is 35.5 Å². The lowest BCUT2D eigenvalue weighted by molar-refractivity contribution is -0.174. The molecule has 1 spiro atoms. The molecule has 0 N–H and O–H groups in total. The highest BCUT2D eigenvalue weighted by Gasteiger charge is 2.45. The smallest absolute Gasteiger partial charge is 0.330 e. The van der Waals surface area contributed by atoms with Crippen LogP contribution in [0.5, 0.6) is 0 Å². The van der Waals surface area contributed by atoms with Crippen LogP contribution in [0.25, 0.3) is 0 Å². The van der Waals surface area contributed by atoms with Crippen molar-refractivity contribution in [3.63, 3.8) is 0 Å². The van der Waals surface area contributed by atoms with Gasteiger partial charge in [0.25, 0.3) is 0 Å². The summed E-state index contributed by atoms with van der Waals surface area (Å²) in [6, 6.07) is 0. The van der Waals surface area contributed by atoms with E-state index in [4.69, 9.17) is 4.74 Å². The minimum atomic E-state index is -4.20. The van der Waals surface area contributed by atoms with Crippen molar-refractivity contribution in [1.29, 1.82) is 0 Å². The molecule has 1 unspecified atom stereocenters. The van der Waals surface area contributed by atoms with Gasteiger partial charge in [-0.2, -0.15) is 8.78 Å². The molecule has 20 heavy (non-hydrogen) atoms. The van der Waals surface area contributed by atoms with Gasteiger partial charge in [-0.15, -0.1) is 0 Å². The molecular formula is C13H18F4O3. The van der Waals surface area contributed by atoms with E-state index in [-0.39, 0.29) is 17.3 Å². The summed E-state index contributed by atoms with van der Waals surface area (Å²) in [5.74, 6) is -4.78. The SMILES string of the molecule is O=C(COCC(F)(F)C(F)F)C1CCOC2(CCC2)C1. The third-order valence-corrected chi connectivity index (χ3v) is 4.07. The van der Waals surface area contributed by atoms with Crippen molar-refractivity contribution in [3.8, 4) is 0 Å². The van der Waals surface area contributed by atoms with E-state index in [9.17, 15) is 22.4 Å². The summed E-state index contributed by atoms with van der Waals surface area (Å²) in [7, 11) is 0. The van der Waals surface area contributed by atoms with E-state index >= 15 is 0 Å². The molecule has 0 amide bonds. The molecule has 0 aromatic heterocycles. The van der Waals surface area contributed by atoms with E-state index in [0.29, 0.717) is 19.4 Å². The fourth-order valence-corrected chi connectivity index (χ4v) is 2.69. The Morgan fingerprint density at radius 3 is 2.65 bits per heavy atom. The van der Waals surface area contributed by atoms with Crippen LogP contribution in [0.2, 0.25) is 0 Å². The molecular weight excluding hydrogens is 280 g/mol. The number of hydrogen-bond donors (Lipinski definition) is 0. The maximum absolute atomic E-state index is 12.6. The Hall–Kier alpha value is -0.690. The van der Waals surface area contributed by atoms with E-state index in [0.717, 1.165) is 19.3 Å². The maximum atomic E-state index is 12.6. The standard InChI is InChI=1S/C13H18F4O3/c14-11(15)13(16,17)8-19-7-10(18)9-2-5-20-12(6-9)3-1-4-12/h9,11H,1-8H2. The second-order valence-corrected chi connectivity index (χ2v) is 5.60. The van der Waals surface area contributed by atoms with Crippen LogP contribution in [-0.4, -0.2) is 43.6 Å². The number of halogens is 4. The van der Waals surface area contributed by atoms with E-state index < -0.39 is 25.6 Å². The summed E-state index contributed by atoms with van der Waals surface area (Å²) in [4.78, 5) is 11.9. The van der Waals surface area contributed by atoms with Crippen molar-refractivity contribution in [1.82, 2.24) is 0 Å². The average molecular weight is 298 g/mol. The summed E-state index contributed by atoms with van der Waals surface area (Å²) in [6.07, 6.45) is 0.245. The quantitative estimate of drug-likeness (QED) is 0.707. The third kappa shape index (κ3) is 3.49.